The molecule has 0 bridgehead atoms. The molecule has 1 fully saturated rings. The molecule has 2 aromatic heterocycles. The lowest BCUT2D eigenvalue weighted by atomic mass is 9.97. The monoisotopic (exact) mass is 533 g/mol. The zero-order valence-corrected chi connectivity index (χ0v) is 21.8. The molecule has 5 rings (SSSR count). The summed E-state index contributed by atoms with van der Waals surface area (Å²) in [5, 5.41) is 10.8. The van der Waals surface area contributed by atoms with E-state index < -0.39 is 11.9 Å². The summed E-state index contributed by atoms with van der Waals surface area (Å²) in [6.07, 6.45) is -2.46. The Labute approximate surface area is 217 Å². The van der Waals surface area contributed by atoms with Crippen molar-refractivity contribution in [2.45, 2.75) is 64.8 Å². The van der Waals surface area contributed by atoms with E-state index in [-0.39, 0.29) is 24.5 Å². The molecule has 1 amide bonds. The lowest BCUT2D eigenvalue weighted by Crippen LogP contribution is -2.40. The molecule has 0 N–H and O–H groups in total. The average Bonchev–Trinajstić information content (AvgIpc) is 3.66. The van der Waals surface area contributed by atoms with Crippen LogP contribution in [0.2, 0.25) is 0 Å². The van der Waals surface area contributed by atoms with Gasteiger partial charge in [-0.3, -0.25) is 9.48 Å². The molecule has 2 aliphatic heterocycles. The van der Waals surface area contributed by atoms with Gasteiger partial charge in [0.05, 0.1) is 10.7 Å². The Morgan fingerprint density at radius 1 is 1.16 bits per heavy atom. The molecule has 1 aromatic carbocycles. The van der Waals surface area contributed by atoms with Crippen molar-refractivity contribution >= 4 is 23.0 Å². The fraction of sp³-hybridized carbons (Fsp3) is 0.462. The lowest BCUT2D eigenvalue weighted by Gasteiger charge is -2.31. The predicted octanol–water partition coefficient (Wildman–Crippen LogP) is 5.96. The molecular weight excluding hydrogens is 503 g/mol. The van der Waals surface area contributed by atoms with Crippen LogP contribution in [-0.4, -0.2) is 44.4 Å². The van der Waals surface area contributed by atoms with Crippen LogP contribution >= 0.6 is 11.3 Å². The molecule has 1 saturated heterocycles. The van der Waals surface area contributed by atoms with E-state index in [1.54, 1.807) is 16.2 Å². The lowest BCUT2D eigenvalue weighted by molar-refractivity contribution is -0.142. The summed E-state index contributed by atoms with van der Waals surface area (Å²) in [6, 6.07) is 10.9. The number of benzene rings is 1. The summed E-state index contributed by atoms with van der Waals surface area (Å²) in [6.45, 7) is 6.38. The van der Waals surface area contributed by atoms with Crippen molar-refractivity contribution in [3.63, 3.8) is 0 Å². The van der Waals surface area contributed by atoms with Gasteiger partial charge in [0.25, 0.3) is 0 Å². The summed E-state index contributed by atoms with van der Waals surface area (Å²) < 4.78 is 39.8. The van der Waals surface area contributed by atoms with Gasteiger partial charge in [0.15, 0.2) is 11.8 Å². The van der Waals surface area contributed by atoms with E-state index in [4.69, 9.17) is 9.82 Å². The third-order valence-corrected chi connectivity index (χ3v) is 7.42. The number of hydrogen-bond donors (Lipinski definition) is 0. The van der Waals surface area contributed by atoms with Crippen LogP contribution in [0, 0.1) is 6.92 Å². The fourth-order valence-electron chi connectivity index (χ4n) is 4.40. The van der Waals surface area contributed by atoms with Crippen molar-refractivity contribution < 1.29 is 22.8 Å². The number of thiazole rings is 1. The summed E-state index contributed by atoms with van der Waals surface area (Å²) in [4.78, 5) is 24.8. The van der Waals surface area contributed by atoms with E-state index in [1.165, 1.54) is 6.92 Å². The van der Waals surface area contributed by atoms with Crippen molar-refractivity contribution in [1.29, 1.82) is 0 Å². The van der Waals surface area contributed by atoms with E-state index in [0.29, 0.717) is 25.2 Å². The maximum absolute atomic E-state index is 12.9. The number of oxime groups is 1. The van der Waals surface area contributed by atoms with Gasteiger partial charge in [-0.05, 0) is 31.4 Å². The van der Waals surface area contributed by atoms with Gasteiger partial charge >= 0.3 is 6.18 Å². The smallest absolute Gasteiger partial charge is 0.387 e. The van der Waals surface area contributed by atoms with Crippen molar-refractivity contribution in [2.24, 2.45) is 5.16 Å². The number of halogens is 3. The minimum absolute atomic E-state index is 0.101. The van der Waals surface area contributed by atoms with Crippen molar-refractivity contribution in [3.05, 3.63) is 69.4 Å². The molecule has 0 spiro atoms. The van der Waals surface area contributed by atoms with E-state index in [1.807, 2.05) is 49.6 Å². The van der Waals surface area contributed by atoms with Gasteiger partial charge in [0, 0.05) is 36.5 Å². The second-order valence-electron chi connectivity index (χ2n) is 8.80. The van der Waals surface area contributed by atoms with Crippen LogP contribution in [-0.2, 0) is 22.4 Å². The van der Waals surface area contributed by atoms with Gasteiger partial charge in [0.2, 0.25) is 5.91 Å². The van der Waals surface area contributed by atoms with Gasteiger partial charge in [0.1, 0.15) is 12.3 Å². The normalized spacial score (nSPS) is 18.2. The third-order valence-electron chi connectivity index (χ3n) is 6.41. The molecule has 1 unspecified atom stereocenters. The highest BCUT2D eigenvalue weighted by Crippen LogP contribution is 2.34. The molecule has 0 radical (unpaired) electrons. The first-order valence-corrected chi connectivity index (χ1v) is 13.3. The Morgan fingerprint density at radius 3 is 2.51 bits per heavy atom. The zero-order chi connectivity index (χ0) is 26.6. The number of aromatic nitrogens is 3. The number of likely N-dealkylation sites (tertiary alicyclic amines) is 1. The number of hydrogen-bond acceptors (Lipinski definition) is 6. The maximum atomic E-state index is 12.9. The topological polar surface area (TPSA) is 72.6 Å². The van der Waals surface area contributed by atoms with Crippen molar-refractivity contribution in [3.8, 4) is 0 Å². The summed E-state index contributed by atoms with van der Waals surface area (Å²) in [7, 11) is 0. The maximum Gasteiger partial charge on any atom is 0.435 e. The third kappa shape index (κ3) is 6.20. The summed E-state index contributed by atoms with van der Waals surface area (Å²) in [5.41, 5.74) is 2.08. The van der Waals surface area contributed by atoms with Crippen LogP contribution in [0.15, 0.2) is 46.9 Å². The number of carbonyl (C=O) groups excluding carboxylic acids is 1. The van der Waals surface area contributed by atoms with Gasteiger partial charge in [-0.25, -0.2) is 4.98 Å². The number of amides is 1. The number of aryl methyl sites for hydroxylation is 1. The molecule has 198 valence electrons. The number of rotatable bonds is 5. The molecule has 0 saturated carbocycles. The van der Waals surface area contributed by atoms with Crippen LogP contribution in [0.5, 0.6) is 0 Å². The largest absolute Gasteiger partial charge is 0.435 e. The second-order valence-corrected chi connectivity index (χ2v) is 9.69. The fourth-order valence-corrected chi connectivity index (χ4v) is 5.40. The van der Waals surface area contributed by atoms with Crippen molar-refractivity contribution in [2.75, 3.05) is 13.1 Å². The molecule has 3 aromatic rings. The number of carbonyl (C=O) groups is 1. The minimum atomic E-state index is -4.53. The zero-order valence-electron chi connectivity index (χ0n) is 21.0. The molecule has 11 heteroatoms. The molecule has 2 aliphatic rings. The predicted molar refractivity (Wildman–Crippen MR) is 135 cm³/mol. The minimum Gasteiger partial charge on any atom is -0.387 e. The Kier molecular flexibility index (Phi) is 8.31. The van der Waals surface area contributed by atoms with Crippen LogP contribution < -0.4 is 0 Å². The number of nitrogens with zero attached hydrogens (tertiary/aromatic N) is 5. The first-order chi connectivity index (χ1) is 17.8. The van der Waals surface area contributed by atoms with Gasteiger partial charge in [-0.1, -0.05) is 49.3 Å². The first-order valence-electron chi connectivity index (χ1n) is 12.4. The van der Waals surface area contributed by atoms with Gasteiger partial charge in [-0.15, -0.1) is 11.3 Å². The van der Waals surface area contributed by atoms with Gasteiger partial charge in [-0.2, -0.15) is 18.3 Å². The molecule has 7 nitrogen and oxygen atoms in total. The Balaban J connectivity index is 0.00000156. The molecule has 4 heterocycles. The van der Waals surface area contributed by atoms with E-state index in [2.05, 4.69) is 10.3 Å². The Morgan fingerprint density at radius 2 is 1.86 bits per heavy atom. The number of piperidine rings is 1. The first kappa shape index (κ1) is 26.8. The number of alkyl halides is 3. The van der Waals surface area contributed by atoms with Crippen molar-refractivity contribution in [1.82, 2.24) is 19.7 Å². The molecular formula is C26H30F3N5O2S. The van der Waals surface area contributed by atoms with Crippen LogP contribution in [0.3, 0.4) is 0 Å². The second kappa shape index (κ2) is 11.5. The molecule has 1 atom stereocenters. The SMILES string of the molecule is CC.Cc1cc(C(F)(F)F)nn1CC(=O)N1CCC(c2nc(C3=NOC(c4ccccc4)C3)cs2)CC1. The highest BCUT2D eigenvalue weighted by Gasteiger charge is 2.35. The molecule has 0 aliphatic carbocycles. The molecule has 37 heavy (non-hydrogen) atoms. The summed E-state index contributed by atoms with van der Waals surface area (Å²) in [5.74, 6) is 0.00142. The van der Waals surface area contributed by atoms with Crippen LogP contribution in [0.25, 0.3) is 0 Å². The van der Waals surface area contributed by atoms with E-state index >= 15 is 0 Å². The highest BCUT2D eigenvalue weighted by molar-refractivity contribution is 7.10. The highest BCUT2D eigenvalue weighted by atomic mass is 32.1. The van der Waals surface area contributed by atoms with E-state index in [9.17, 15) is 18.0 Å². The van der Waals surface area contributed by atoms with Gasteiger partial charge < -0.3 is 9.74 Å². The Hall–Kier alpha value is -3.21. The standard InChI is InChI=1S/C24H24F3N5O2S.C2H6/c1-15-11-21(24(25,26)27)29-32(15)13-22(33)31-9-7-17(8-10-31)23-28-19(14-35-23)18-12-20(34-30-18)16-5-3-2-4-6-16;1-2/h2-6,11,14,17,20H,7-10,12-13H2,1H3;1-2H3. The van der Waals surface area contributed by atoms with Crippen LogP contribution in [0.1, 0.15) is 72.8 Å². The van der Waals surface area contributed by atoms with Crippen LogP contribution in [0.4, 0.5) is 13.2 Å². The quantitative estimate of drug-likeness (QED) is 0.405. The van der Waals surface area contributed by atoms with E-state index in [0.717, 1.165) is 45.6 Å². The summed E-state index contributed by atoms with van der Waals surface area (Å²) >= 11 is 1.59. The Bertz CT molecular complexity index is 1230. The average molecular weight is 534 g/mol.